The zero-order chi connectivity index (χ0) is 16.3. The molecule has 1 atom stereocenters. The van der Waals surface area contributed by atoms with Crippen LogP contribution in [-0.4, -0.2) is 15.0 Å². The molecular formula is C16H14BrNO3S2. The largest absolute Gasteiger partial charge is 0.469 e. The van der Waals surface area contributed by atoms with Crippen molar-refractivity contribution in [1.82, 2.24) is 4.72 Å². The third kappa shape index (κ3) is 3.74. The molecule has 1 aromatic carbocycles. The van der Waals surface area contributed by atoms with Gasteiger partial charge in [-0.25, -0.2) is 13.1 Å². The molecule has 7 heteroatoms. The van der Waals surface area contributed by atoms with E-state index in [1.165, 1.54) is 0 Å². The highest BCUT2D eigenvalue weighted by Crippen LogP contribution is 2.27. The first kappa shape index (κ1) is 16.4. The van der Waals surface area contributed by atoms with E-state index in [-0.39, 0.29) is 17.4 Å². The fourth-order valence-electron chi connectivity index (χ4n) is 2.28. The summed E-state index contributed by atoms with van der Waals surface area (Å²) in [5.74, 6) is 0.576. The molecule has 3 rings (SSSR count). The number of hydrogen-bond acceptors (Lipinski definition) is 4. The lowest BCUT2D eigenvalue weighted by atomic mass is 10.00. The maximum Gasteiger partial charge on any atom is 0.241 e. The van der Waals surface area contributed by atoms with Gasteiger partial charge in [-0.15, -0.1) is 0 Å². The molecule has 0 fully saturated rings. The molecule has 2 aromatic heterocycles. The highest BCUT2D eigenvalue weighted by Gasteiger charge is 2.22. The van der Waals surface area contributed by atoms with Gasteiger partial charge in [0.1, 0.15) is 5.76 Å². The molecule has 120 valence electrons. The van der Waals surface area contributed by atoms with Crippen molar-refractivity contribution < 1.29 is 12.8 Å². The zero-order valence-corrected chi connectivity index (χ0v) is 15.2. The number of halogens is 1. The Morgan fingerprint density at radius 1 is 1.17 bits per heavy atom. The van der Waals surface area contributed by atoms with E-state index in [1.54, 1.807) is 47.9 Å². The second kappa shape index (κ2) is 7.00. The fourth-order valence-corrected chi connectivity index (χ4v) is 5.04. The van der Waals surface area contributed by atoms with Crippen molar-refractivity contribution in [3.8, 4) is 0 Å². The van der Waals surface area contributed by atoms with Crippen molar-refractivity contribution in [2.24, 2.45) is 0 Å². The van der Waals surface area contributed by atoms with Crippen LogP contribution >= 0.6 is 27.3 Å². The number of furan rings is 1. The van der Waals surface area contributed by atoms with Crippen LogP contribution in [-0.2, 0) is 10.0 Å². The van der Waals surface area contributed by atoms with Gasteiger partial charge in [-0.2, -0.15) is 11.3 Å². The van der Waals surface area contributed by atoms with Gasteiger partial charge in [0.15, 0.2) is 0 Å². The van der Waals surface area contributed by atoms with Crippen molar-refractivity contribution in [2.45, 2.75) is 10.8 Å². The minimum Gasteiger partial charge on any atom is -0.469 e. The smallest absolute Gasteiger partial charge is 0.241 e. The van der Waals surface area contributed by atoms with Crippen molar-refractivity contribution in [1.29, 1.82) is 0 Å². The van der Waals surface area contributed by atoms with Crippen LogP contribution < -0.4 is 4.72 Å². The Kier molecular flexibility index (Phi) is 5.01. The van der Waals surface area contributed by atoms with Gasteiger partial charge in [0.05, 0.1) is 17.1 Å². The van der Waals surface area contributed by atoms with Gasteiger partial charge < -0.3 is 4.42 Å². The average Bonchev–Trinajstić information content (AvgIpc) is 3.21. The summed E-state index contributed by atoms with van der Waals surface area (Å²) in [4.78, 5) is 0.225. The van der Waals surface area contributed by atoms with E-state index >= 15 is 0 Å². The molecule has 0 saturated carbocycles. The monoisotopic (exact) mass is 411 g/mol. The Bertz CT molecular complexity index is 824. The van der Waals surface area contributed by atoms with E-state index < -0.39 is 10.0 Å². The molecule has 0 spiro atoms. The van der Waals surface area contributed by atoms with E-state index in [2.05, 4.69) is 20.7 Å². The molecule has 0 bridgehead atoms. The maximum atomic E-state index is 12.5. The molecule has 23 heavy (non-hydrogen) atoms. The van der Waals surface area contributed by atoms with Gasteiger partial charge in [-0.3, -0.25) is 0 Å². The molecule has 0 aliphatic carbocycles. The number of hydrogen-bond donors (Lipinski definition) is 1. The molecule has 1 N–H and O–H groups in total. The van der Waals surface area contributed by atoms with E-state index in [0.29, 0.717) is 4.47 Å². The Balaban J connectivity index is 1.84. The topological polar surface area (TPSA) is 59.3 Å². The molecular weight excluding hydrogens is 398 g/mol. The lowest BCUT2D eigenvalue weighted by molar-refractivity contribution is 0.481. The standard InChI is InChI=1S/C16H14BrNO3S2/c17-14-4-1-2-6-16(14)23(19,20)18-10-13(12-7-9-22-11-12)15-5-3-8-21-15/h1-9,11,13,18H,10H2. The van der Waals surface area contributed by atoms with Crippen LogP contribution in [0.4, 0.5) is 0 Å². The molecule has 3 aromatic rings. The minimum absolute atomic E-state index is 0.159. The summed E-state index contributed by atoms with van der Waals surface area (Å²) >= 11 is 4.85. The summed E-state index contributed by atoms with van der Waals surface area (Å²) in [5.41, 5.74) is 1.03. The fraction of sp³-hybridized carbons (Fsp3) is 0.125. The van der Waals surface area contributed by atoms with Gasteiger partial charge in [0.2, 0.25) is 10.0 Å². The van der Waals surface area contributed by atoms with Crippen LogP contribution in [0.1, 0.15) is 17.2 Å². The van der Waals surface area contributed by atoms with Gasteiger partial charge >= 0.3 is 0 Å². The number of nitrogens with one attached hydrogen (secondary N) is 1. The number of sulfonamides is 1. The Morgan fingerprint density at radius 3 is 2.65 bits per heavy atom. The molecule has 0 aliphatic rings. The summed E-state index contributed by atoms with van der Waals surface area (Å²) in [7, 11) is -3.60. The minimum atomic E-state index is -3.60. The Labute approximate surface area is 147 Å². The second-order valence-corrected chi connectivity index (χ2v) is 8.28. The summed E-state index contributed by atoms with van der Waals surface area (Å²) in [5, 5.41) is 3.97. The number of thiophene rings is 1. The Hall–Kier alpha value is -1.41. The maximum absolute atomic E-state index is 12.5. The predicted octanol–water partition coefficient (Wildman–Crippen LogP) is 4.21. The molecule has 1 unspecified atom stereocenters. The van der Waals surface area contributed by atoms with Gasteiger partial charge in [-0.05, 0) is 62.6 Å². The first-order valence-electron chi connectivity index (χ1n) is 6.87. The molecule has 0 radical (unpaired) electrons. The molecule has 0 saturated heterocycles. The third-order valence-corrected chi connectivity index (χ3v) is 6.57. The van der Waals surface area contributed by atoms with Crippen LogP contribution in [0.3, 0.4) is 0 Å². The van der Waals surface area contributed by atoms with E-state index in [9.17, 15) is 8.42 Å². The van der Waals surface area contributed by atoms with Gasteiger partial charge in [0, 0.05) is 11.0 Å². The van der Waals surface area contributed by atoms with Gasteiger partial charge in [0.25, 0.3) is 0 Å². The van der Waals surface area contributed by atoms with Gasteiger partial charge in [-0.1, -0.05) is 12.1 Å². The van der Waals surface area contributed by atoms with Crippen LogP contribution in [0.2, 0.25) is 0 Å². The van der Waals surface area contributed by atoms with E-state index in [0.717, 1.165) is 11.3 Å². The van der Waals surface area contributed by atoms with Crippen LogP contribution in [0.15, 0.2) is 73.3 Å². The highest BCUT2D eigenvalue weighted by atomic mass is 79.9. The Morgan fingerprint density at radius 2 is 2.00 bits per heavy atom. The predicted molar refractivity (Wildman–Crippen MR) is 94.2 cm³/mol. The number of benzene rings is 1. The number of rotatable bonds is 6. The average molecular weight is 412 g/mol. The molecule has 4 nitrogen and oxygen atoms in total. The summed E-state index contributed by atoms with van der Waals surface area (Å²) in [6.45, 7) is 0.230. The highest BCUT2D eigenvalue weighted by molar-refractivity contribution is 9.10. The van der Waals surface area contributed by atoms with E-state index in [4.69, 9.17) is 4.42 Å². The van der Waals surface area contributed by atoms with Crippen molar-refractivity contribution in [3.05, 3.63) is 75.3 Å². The van der Waals surface area contributed by atoms with E-state index in [1.807, 2.05) is 22.9 Å². The lowest BCUT2D eigenvalue weighted by Gasteiger charge is -2.15. The lowest BCUT2D eigenvalue weighted by Crippen LogP contribution is -2.29. The third-order valence-electron chi connectivity index (χ3n) is 3.44. The SMILES string of the molecule is O=S(=O)(NCC(c1ccsc1)c1ccco1)c1ccccc1Br. The van der Waals surface area contributed by atoms with Crippen molar-refractivity contribution >= 4 is 37.3 Å². The van der Waals surface area contributed by atoms with Crippen LogP contribution in [0, 0.1) is 0 Å². The zero-order valence-electron chi connectivity index (χ0n) is 12.0. The normalized spacial score (nSPS) is 13.1. The van der Waals surface area contributed by atoms with Crippen molar-refractivity contribution in [3.63, 3.8) is 0 Å². The molecule has 0 amide bonds. The first-order valence-corrected chi connectivity index (χ1v) is 10.1. The summed E-state index contributed by atoms with van der Waals surface area (Å²) in [6.07, 6.45) is 1.59. The summed E-state index contributed by atoms with van der Waals surface area (Å²) < 4.78 is 33.7. The molecule has 2 heterocycles. The quantitative estimate of drug-likeness (QED) is 0.660. The van der Waals surface area contributed by atoms with Crippen molar-refractivity contribution in [2.75, 3.05) is 6.54 Å². The van der Waals surface area contributed by atoms with Crippen LogP contribution in [0.25, 0.3) is 0 Å². The molecule has 0 aliphatic heterocycles. The summed E-state index contributed by atoms with van der Waals surface area (Å²) in [6, 6.07) is 12.4. The second-order valence-electron chi connectivity index (χ2n) is 4.91. The first-order chi connectivity index (χ1) is 11.1. The van der Waals surface area contributed by atoms with Crippen LogP contribution in [0.5, 0.6) is 0 Å².